The van der Waals surface area contributed by atoms with Crippen LogP contribution in [-0.4, -0.2) is 20.6 Å². The summed E-state index contributed by atoms with van der Waals surface area (Å²) >= 11 is 0. The molecule has 0 aliphatic heterocycles. The average molecular weight is 381 g/mol. The van der Waals surface area contributed by atoms with Crippen molar-refractivity contribution >= 4 is 33.1 Å². The zero-order valence-electron chi connectivity index (χ0n) is 16.9. The zero-order chi connectivity index (χ0) is 20.0. The lowest BCUT2D eigenvalue weighted by Gasteiger charge is -2.12. The van der Waals surface area contributed by atoms with Crippen molar-refractivity contribution in [3.63, 3.8) is 0 Å². The maximum Gasteiger partial charge on any atom is 0.160 e. The number of benzene rings is 3. The van der Waals surface area contributed by atoms with Gasteiger partial charge in [0.05, 0.1) is 22.7 Å². The Morgan fingerprint density at radius 1 is 0.862 bits per heavy atom. The average Bonchev–Trinajstić information content (AvgIpc) is 3.01. The van der Waals surface area contributed by atoms with Gasteiger partial charge < -0.3 is 9.30 Å². The second-order valence-electron chi connectivity index (χ2n) is 7.75. The van der Waals surface area contributed by atoms with E-state index in [4.69, 9.17) is 14.7 Å². The van der Waals surface area contributed by atoms with Gasteiger partial charge in [0.2, 0.25) is 0 Å². The summed E-state index contributed by atoms with van der Waals surface area (Å²) in [5, 5.41) is 1.15. The van der Waals surface area contributed by atoms with Gasteiger partial charge in [0.25, 0.3) is 0 Å². The molecule has 0 unspecified atom stereocenters. The zero-order valence-corrected chi connectivity index (χ0v) is 16.9. The first kappa shape index (κ1) is 17.7. The minimum Gasteiger partial charge on any atom is -0.491 e. The molecule has 0 saturated carbocycles. The summed E-state index contributed by atoms with van der Waals surface area (Å²) in [5.41, 5.74) is 7.36. The minimum absolute atomic E-state index is 0.171. The fraction of sp³-hybridized carbons (Fsp3) is 0.200. The van der Waals surface area contributed by atoms with Gasteiger partial charge in [0.15, 0.2) is 5.65 Å². The fourth-order valence-electron chi connectivity index (χ4n) is 3.96. The van der Waals surface area contributed by atoms with Gasteiger partial charge in [0, 0.05) is 11.9 Å². The summed E-state index contributed by atoms with van der Waals surface area (Å²) in [7, 11) is 0. The Kier molecular flexibility index (Phi) is 4.20. The maximum atomic E-state index is 5.78. The molecule has 0 N–H and O–H groups in total. The number of nitrogens with zero attached hydrogens (tertiary/aromatic N) is 3. The molecule has 3 aromatic carbocycles. The van der Waals surface area contributed by atoms with Gasteiger partial charge in [-0.05, 0) is 56.2 Å². The van der Waals surface area contributed by atoms with Crippen molar-refractivity contribution in [2.75, 3.05) is 0 Å². The molecule has 4 nitrogen and oxygen atoms in total. The molecule has 0 atom stereocenters. The fourth-order valence-corrected chi connectivity index (χ4v) is 3.96. The monoisotopic (exact) mass is 381 g/mol. The van der Waals surface area contributed by atoms with Crippen molar-refractivity contribution in [1.29, 1.82) is 0 Å². The lowest BCUT2D eigenvalue weighted by Crippen LogP contribution is -2.06. The second-order valence-corrected chi connectivity index (χ2v) is 7.75. The third-order valence-electron chi connectivity index (χ3n) is 5.21. The first-order valence-electron chi connectivity index (χ1n) is 10.00. The Morgan fingerprint density at radius 2 is 1.59 bits per heavy atom. The molecule has 144 valence electrons. The highest BCUT2D eigenvalue weighted by Crippen LogP contribution is 2.31. The van der Waals surface area contributed by atoms with Crippen molar-refractivity contribution in [1.82, 2.24) is 14.5 Å². The second kappa shape index (κ2) is 6.89. The molecule has 2 aromatic heterocycles. The van der Waals surface area contributed by atoms with Crippen LogP contribution in [0.25, 0.3) is 33.1 Å². The molecule has 0 spiro atoms. The first-order valence-corrected chi connectivity index (χ1v) is 10.00. The number of hydrogen-bond donors (Lipinski definition) is 0. The topological polar surface area (TPSA) is 39.9 Å². The quantitative estimate of drug-likeness (QED) is 0.390. The van der Waals surface area contributed by atoms with Crippen LogP contribution >= 0.6 is 0 Å². The van der Waals surface area contributed by atoms with Crippen LogP contribution in [-0.2, 0) is 6.54 Å². The van der Waals surface area contributed by atoms with E-state index in [0.29, 0.717) is 0 Å². The number of hydrogen-bond acceptors (Lipinski definition) is 3. The summed E-state index contributed by atoms with van der Waals surface area (Å²) in [6.07, 6.45) is 0.171. The van der Waals surface area contributed by atoms with Crippen LogP contribution < -0.4 is 4.74 Å². The lowest BCUT2D eigenvalue weighted by molar-refractivity contribution is 0.242. The maximum absolute atomic E-state index is 5.78. The molecule has 5 aromatic rings. The normalized spacial score (nSPS) is 11.7. The van der Waals surface area contributed by atoms with Crippen molar-refractivity contribution < 1.29 is 4.74 Å². The molecule has 0 saturated heterocycles. The molecule has 0 fully saturated rings. The summed E-state index contributed by atoms with van der Waals surface area (Å²) < 4.78 is 8.07. The summed E-state index contributed by atoms with van der Waals surface area (Å²) in [4.78, 5) is 9.94. The van der Waals surface area contributed by atoms with Crippen molar-refractivity contribution in [2.24, 2.45) is 0 Å². The Morgan fingerprint density at radius 3 is 2.31 bits per heavy atom. The van der Waals surface area contributed by atoms with E-state index < -0.39 is 0 Å². The van der Waals surface area contributed by atoms with Gasteiger partial charge in [-0.15, -0.1) is 0 Å². The molecule has 0 aliphatic carbocycles. The Labute approximate surface area is 169 Å². The molecule has 0 amide bonds. The van der Waals surface area contributed by atoms with Crippen LogP contribution in [0.2, 0.25) is 0 Å². The van der Waals surface area contributed by atoms with Crippen LogP contribution in [0.1, 0.15) is 25.0 Å². The van der Waals surface area contributed by atoms with E-state index in [1.807, 2.05) is 50.2 Å². The van der Waals surface area contributed by atoms with E-state index >= 15 is 0 Å². The van der Waals surface area contributed by atoms with E-state index in [1.165, 1.54) is 16.6 Å². The SMILES string of the molecule is Cc1cccc2c3nc4ccccc4nc3n(Cc3ccc(OC(C)C)cc3)c12. The molecule has 4 heteroatoms. The van der Waals surface area contributed by atoms with Crippen molar-refractivity contribution in [3.05, 3.63) is 77.9 Å². The lowest BCUT2D eigenvalue weighted by atomic mass is 10.1. The number of fused-ring (bicyclic) bond motifs is 4. The largest absolute Gasteiger partial charge is 0.491 e. The molecular weight excluding hydrogens is 358 g/mol. The number of aromatic nitrogens is 3. The number of para-hydroxylation sites is 3. The molecular formula is C25H23N3O. The molecule has 0 bridgehead atoms. The molecule has 2 heterocycles. The Balaban J connectivity index is 1.69. The van der Waals surface area contributed by atoms with E-state index in [0.717, 1.165) is 39.9 Å². The highest BCUT2D eigenvalue weighted by molar-refractivity contribution is 6.07. The number of rotatable bonds is 4. The van der Waals surface area contributed by atoms with Gasteiger partial charge in [0.1, 0.15) is 11.3 Å². The molecule has 29 heavy (non-hydrogen) atoms. The summed E-state index contributed by atoms with van der Waals surface area (Å²) in [5.74, 6) is 0.896. The summed E-state index contributed by atoms with van der Waals surface area (Å²) in [6.45, 7) is 6.96. The van der Waals surface area contributed by atoms with Crippen LogP contribution in [0.5, 0.6) is 5.75 Å². The standard InChI is InChI=1S/C25H23N3O/c1-16(2)29-19-13-11-18(12-14-19)15-28-24-17(3)7-6-8-20(24)23-25(28)27-22-10-5-4-9-21(22)26-23/h4-14,16H,15H2,1-3H3. The van der Waals surface area contributed by atoms with Gasteiger partial charge in [-0.3, -0.25) is 0 Å². The van der Waals surface area contributed by atoms with Gasteiger partial charge in [-0.2, -0.15) is 0 Å². The summed E-state index contributed by atoms with van der Waals surface area (Å²) in [6, 6.07) is 22.8. The number of aryl methyl sites for hydroxylation is 1. The van der Waals surface area contributed by atoms with E-state index in [9.17, 15) is 0 Å². The Hall–Kier alpha value is -3.40. The number of ether oxygens (including phenoxy) is 1. The van der Waals surface area contributed by atoms with Crippen LogP contribution in [0.15, 0.2) is 66.7 Å². The van der Waals surface area contributed by atoms with E-state index in [2.05, 4.69) is 41.8 Å². The van der Waals surface area contributed by atoms with Gasteiger partial charge in [-0.1, -0.05) is 42.5 Å². The van der Waals surface area contributed by atoms with E-state index in [1.54, 1.807) is 0 Å². The van der Waals surface area contributed by atoms with Crippen LogP contribution in [0, 0.1) is 6.92 Å². The minimum atomic E-state index is 0.171. The molecule has 0 aliphatic rings. The van der Waals surface area contributed by atoms with Crippen molar-refractivity contribution in [3.8, 4) is 5.75 Å². The third kappa shape index (κ3) is 3.11. The van der Waals surface area contributed by atoms with Gasteiger partial charge in [-0.25, -0.2) is 9.97 Å². The molecule has 5 rings (SSSR count). The highest BCUT2D eigenvalue weighted by atomic mass is 16.5. The highest BCUT2D eigenvalue weighted by Gasteiger charge is 2.16. The van der Waals surface area contributed by atoms with Crippen LogP contribution in [0.3, 0.4) is 0 Å². The smallest absolute Gasteiger partial charge is 0.160 e. The van der Waals surface area contributed by atoms with E-state index in [-0.39, 0.29) is 6.10 Å². The first-order chi connectivity index (χ1) is 14.1. The predicted octanol–water partition coefficient (Wildman–Crippen LogP) is 5.88. The van der Waals surface area contributed by atoms with Crippen LogP contribution in [0.4, 0.5) is 0 Å². The third-order valence-corrected chi connectivity index (χ3v) is 5.21. The van der Waals surface area contributed by atoms with Crippen molar-refractivity contribution in [2.45, 2.75) is 33.4 Å². The Bertz CT molecular complexity index is 1330. The van der Waals surface area contributed by atoms with Gasteiger partial charge >= 0.3 is 0 Å². The molecule has 0 radical (unpaired) electrons. The predicted molar refractivity (Wildman–Crippen MR) is 119 cm³/mol.